The second kappa shape index (κ2) is 8.52. The first-order chi connectivity index (χ1) is 11.5. The van der Waals surface area contributed by atoms with E-state index in [-0.39, 0.29) is 0 Å². The maximum atomic E-state index is 14.1. The van der Waals surface area contributed by atoms with Gasteiger partial charge in [0, 0.05) is 10.6 Å². The van der Waals surface area contributed by atoms with Crippen molar-refractivity contribution in [3.05, 3.63) is 60.7 Å². The summed E-state index contributed by atoms with van der Waals surface area (Å²) >= 11 is 1.59. The van der Waals surface area contributed by atoms with Gasteiger partial charge in [-0.05, 0) is 49.7 Å². The van der Waals surface area contributed by atoms with E-state index >= 15 is 0 Å². The molecule has 2 rings (SSSR count). The highest BCUT2D eigenvalue weighted by atomic mass is 32.2. The number of hydrogen-bond donors (Lipinski definition) is 1. The molecule has 0 fully saturated rings. The normalized spacial score (nSPS) is 13.0. The van der Waals surface area contributed by atoms with E-state index in [0.29, 0.717) is 22.8 Å². The molecule has 2 aromatic carbocycles. The Morgan fingerprint density at radius 3 is 1.92 bits per heavy atom. The molecule has 0 saturated heterocycles. The molecule has 4 nitrogen and oxygen atoms in total. The third-order valence-electron chi connectivity index (χ3n) is 3.99. The highest BCUT2D eigenvalue weighted by Gasteiger charge is 2.38. The fraction of sp³-hybridized carbons (Fsp3) is 0.278. The maximum Gasteiger partial charge on any atom is 0.321 e. The summed E-state index contributed by atoms with van der Waals surface area (Å²) < 4.78 is 15.6. The molecule has 6 heteroatoms. The van der Waals surface area contributed by atoms with Crippen LogP contribution in [0, 0.1) is 0 Å². The Morgan fingerprint density at radius 1 is 1.08 bits per heavy atom. The van der Waals surface area contributed by atoms with Gasteiger partial charge in [0.05, 0.1) is 0 Å². The molecule has 0 unspecified atom stereocenters. The van der Waals surface area contributed by atoms with Gasteiger partial charge >= 0.3 is 5.97 Å². The molecule has 0 bridgehead atoms. The fourth-order valence-corrected chi connectivity index (χ4v) is 5.91. The topological polar surface area (TPSA) is 57.6 Å². The molecule has 0 aliphatic carbocycles. The minimum Gasteiger partial charge on any atom is -0.480 e. The average molecular weight is 363 g/mol. The average Bonchev–Trinajstić information content (AvgIpc) is 2.62. The standard InChI is InChI=1S/C18H22NO3PS/c1-19(17(18(20)21)13-14-24-2)23(22,15-9-5-3-6-10-15)16-11-7-4-8-12-16/h3-12,17H,13-14H2,1-2H3,(H,20,21)/t17-/m0/s1. The Labute approximate surface area is 147 Å². The van der Waals surface area contributed by atoms with Gasteiger partial charge < -0.3 is 5.11 Å². The van der Waals surface area contributed by atoms with Gasteiger partial charge in [-0.1, -0.05) is 36.4 Å². The Hall–Kier alpha value is -1.55. The minimum atomic E-state index is -3.22. The van der Waals surface area contributed by atoms with Crippen LogP contribution in [0.4, 0.5) is 0 Å². The van der Waals surface area contributed by atoms with Crippen LogP contribution < -0.4 is 10.6 Å². The maximum absolute atomic E-state index is 14.1. The lowest BCUT2D eigenvalue weighted by Gasteiger charge is -2.33. The van der Waals surface area contributed by atoms with Crippen molar-refractivity contribution in [2.75, 3.05) is 19.1 Å². The lowest BCUT2D eigenvalue weighted by molar-refractivity contribution is -0.141. The van der Waals surface area contributed by atoms with E-state index in [9.17, 15) is 14.5 Å². The number of carboxylic acids is 1. The van der Waals surface area contributed by atoms with Crippen LogP contribution in [0.1, 0.15) is 6.42 Å². The Bertz CT molecular complexity index is 665. The monoisotopic (exact) mass is 363 g/mol. The third-order valence-corrected chi connectivity index (χ3v) is 7.80. The minimum absolute atomic E-state index is 0.441. The molecule has 0 heterocycles. The highest BCUT2D eigenvalue weighted by molar-refractivity contribution is 7.98. The molecule has 0 spiro atoms. The van der Waals surface area contributed by atoms with E-state index in [1.807, 2.05) is 42.7 Å². The van der Waals surface area contributed by atoms with Gasteiger partial charge in [0.2, 0.25) is 7.29 Å². The fourth-order valence-electron chi connectivity index (χ4n) is 2.67. The number of thioether (sulfide) groups is 1. The van der Waals surface area contributed by atoms with Gasteiger partial charge in [0.1, 0.15) is 6.04 Å². The number of likely N-dealkylation sites (N-methyl/N-ethyl adjacent to an activating group) is 1. The summed E-state index contributed by atoms with van der Waals surface area (Å²) in [5.41, 5.74) is 0. The molecule has 0 radical (unpaired) electrons. The molecular weight excluding hydrogens is 341 g/mol. The summed E-state index contributed by atoms with van der Waals surface area (Å²) in [4.78, 5) is 11.8. The first-order valence-corrected chi connectivity index (χ1v) is 10.7. The van der Waals surface area contributed by atoms with Gasteiger partial charge in [0.25, 0.3) is 0 Å². The zero-order valence-corrected chi connectivity index (χ0v) is 15.5. The number of benzene rings is 2. The molecule has 0 amide bonds. The third kappa shape index (κ3) is 3.92. The predicted octanol–water partition coefficient (Wildman–Crippen LogP) is 3.05. The van der Waals surface area contributed by atoms with Crippen molar-refractivity contribution in [3.63, 3.8) is 0 Å². The van der Waals surface area contributed by atoms with E-state index in [0.717, 1.165) is 0 Å². The van der Waals surface area contributed by atoms with Crippen molar-refractivity contribution in [3.8, 4) is 0 Å². The molecular formula is C18H22NO3PS. The number of hydrogen-bond acceptors (Lipinski definition) is 3. The second-order valence-corrected chi connectivity index (χ2v) is 9.26. The summed E-state index contributed by atoms with van der Waals surface area (Å²) in [7, 11) is -1.57. The summed E-state index contributed by atoms with van der Waals surface area (Å²) in [5, 5.41) is 11.0. The molecule has 2 aromatic rings. The Kier molecular flexibility index (Phi) is 6.67. The van der Waals surface area contributed by atoms with E-state index in [2.05, 4.69) is 0 Å². The molecule has 128 valence electrons. The van der Waals surface area contributed by atoms with Crippen LogP contribution in [0.3, 0.4) is 0 Å². The summed E-state index contributed by atoms with van der Waals surface area (Å²) in [6.07, 6.45) is 2.38. The van der Waals surface area contributed by atoms with Crippen LogP contribution >= 0.6 is 19.1 Å². The first kappa shape index (κ1) is 18.8. The molecule has 24 heavy (non-hydrogen) atoms. The molecule has 1 N–H and O–H groups in total. The summed E-state index contributed by atoms with van der Waals surface area (Å²) in [6, 6.07) is 17.5. The van der Waals surface area contributed by atoms with Crippen LogP contribution in [0.5, 0.6) is 0 Å². The summed E-state index contributed by atoms with van der Waals surface area (Å²) in [5.74, 6) is -0.246. The van der Waals surface area contributed by atoms with Gasteiger partial charge in [-0.2, -0.15) is 11.8 Å². The number of carboxylic acid groups (broad SMARTS) is 1. The first-order valence-electron chi connectivity index (χ1n) is 7.68. The van der Waals surface area contributed by atoms with Gasteiger partial charge in [-0.3, -0.25) is 9.36 Å². The largest absolute Gasteiger partial charge is 0.480 e. The second-order valence-electron chi connectivity index (χ2n) is 5.46. The lowest BCUT2D eigenvalue weighted by Crippen LogP contribution is -2.41. The molecule has 0 saturated carbocycles. The Morgan fingerprint density at radius 2 is 1.54 bits per heavy atom. The lowest BCUT2D eigenvalue weighted by atomic mass is 10.2. The number of rotatable bonds is 8. The van der Waals surface area contributed by atoms with Crippen molar-refractivity contribution < 1.29 is 14.5 Å². The zero-order chi connectivity index (χ0) is 17.6. The summed E-state index contributed by atoms with van der Waals surface area (Å²) in [6.45, 7) is 0. The Balaban J connectivity index is 2.54. The zero-order valence-electron chi connectivity index (χ0n) is 13.8. The number of nitrogens with zero attached hydrogens (tertiary/aromatic N) is 1. The van der Waals surface area contributed by atoms with Crippen molar-refractivity contribution in [1.29, 1.82) is 0 Å². The molecule has 0 aliphatic heterocycles. The van der Waals surface area contributed by atoms with Crippen molar-refractivity contribution >= 4 is 35.6 Å². The smallest absolute Gasteiger partial charge is 0.321 e. The van der Waals surface area contributed by atoms with Gasteiger partial charge in [0.15, 0.2) is 0 Å². The van der Waals surface area contributed by atoms with Crippen LogP contribution in [0.25, 0.3) is 0 Å². The SMILES string of the molecule is CSCC[C@@H](C(=O)O)N(C)P(=O)(c1ccccc1)c1ccccc1. The van der Waals surface area contributed by atoms with Crippen LogP contribution in [-0.2, 0) is 9.36 Å². The number of carbonyl (C=O) groups is 1. The van der Waals surface area contributed by atoms with Crippen LogP contribution in [-0.4, -0.2) is 40.8 Å². The van der Waals surface area contributed by atoms with Crippen molar-refractivity contribution in [2.45, 2.75) is 12.5 Å². The highest BCUT2D eigenvalue weighted by Crippen LogP contribution is 2.48. The van der Waals surface area contributed by atoms with Crippen LogP contribution in [0.2, 0.25) is 0 Å². The predicted molar refractivity (Wildman–Crippen MR) is 102 cm³/mol. The number of aliphatic carboxylic acids is 1. The van der Waals surface area contributed by atoms with E-state index in [1.54, 1.807) is 47.7 Å². The molecule has 0 aliphatic rings. The van der Waals surface area contributed by atoms with Gasteiger partial charge in [-0.15, -0.1) is 0 Å². The van der Waals surface area contributed by atoms with Crippen molar-refractivity contribution in [1.82, 2.24) is 4.67 Å². The van der Waals surface area contributed by atoms with Crippen molar-refractivity contribution in [2.24, 2.45) is 0 Å². The van der Waals surface area contributed by atoms with E-state index in [1.165, 1.54) is 0 Å². The van der Waals surface area contributed by atoms with Crippen LogP contribution in [0.15, 0.2) is 60.7 Å². The molecule has 0 aromatic heterocycles. The van der Waals surface area contributed by atoms with E-state index < -0.39 is 19.3 Å². The van der Waals surface area contributed by atoms with Gasteiger partial charge in [-0.25, -0.2) is 4.67 Å². The van der Waals surface area contributed by atoms with E-state index in [4.69, 9.17) is 0 Å². The quantitative estimate of drug-likeness (QED) is 0.731. The molecule has 1 atom stereocenters.